The maximum atomic E-state index is 12.0. The maximum absolute atomic E-state index is 12.0. The van der Waals surface area contributed by atoms with Crippen molar-refractivity contribution in [2.24, 2.45) is 0 Å². The number of hydrogen-bond donors (Lipinski definition) is 1. The molecule has 1 N–H and O–H groups in total. The van der Waals surface area contributed by atoms with E-state index in [9.17, 15) is 4.79 Å². The largest absolute Gasteiger partial charge is 0.462 e. The van der Waals surface area contributed by atoms with Crippen LogP contribution >= 0.6 is 0 Å². The Balaban J connectivity index is 2.87. The summed E-state index contributed by atoms with van der Waals surface area (Å²) in [6.07, 6.45) is 0.530. The predicted octanol–water partition coefficient (Wildman–Crippen LogP) is 2.45. The number of rotatable bonds is 5. The first kappa shape index (κ1) is 14.7. The number of carbonyl (C=O) groups excluding carboxylic acids is 1. The highest BCUT2D eigenvalue weighted by molar-refractivity contribution is 5.82. The summed E-state index contributed by atoms with van der Waals surface area (Å²) in [5, 5.41) is 8.86. The molecular formula is C15H22O3. The van der Waals surface area contributed by atoms with E-state index in [-0.39, 0.29) is 18.7 Å². The summed E-state index contributed by atoms with van der Waals surface area (Å²) in [7, 11) is 0. The van der Waals surface area contributed by atoms with Crippen LogP contribution in [0.15, 0.2) is 24.3 Å². The fourth-order valence-electron chi connectivity index (χ4n) is 1.70. The normalized spacial score (nSPS) is 11.7. The molecule has 0 aliphatic heterocycles. The Morgan fingerprint density at radius 1 is 1.28 bits per heavy atom. The summed E-state index contributed by atoms with van der Waals surface area (Å²) in [5.74, 6) is -0.215. The third-order valence-electron chi connectivity index (χ3n) is 2.93. The lowest BCUT2D eigenvalue weighted by molar-refractivity contribution is -0.153. The monoisotopic (exact) mass is 250 g/mol. The molecule has 1 aromatic carbocycles. The average molecular weight is 250 g/mol. The number of esters is 1. The molecule has 0 saturated carbocycles. The van der Waals surface area contributed by atoms with Gasteiger partial charge in [-0.3, -0.25) is 4.79 Å². The van der Waals surface area contributed by atoms with Gasteiger partial charge in [-0.25, -0.2) is 0 Å². The van der Waals surface area contributed by atoms with Gasteiger partial charge >= 0.3 is 5.97 Å². The SMILES string of the molecule is CC(C)OC(=O)C(C)(C)c1ccc(CCO)cc1. The maximum Gasteiger partial charge on any atom is 0.316 e. The predicted molar refractivity (Wildman–Crippen MR) is 71.5 cm³/mol. The zero-order valence-corrected chi connectivity index (χ0v) is 11.6. The second-order valence-electron chi connectivity index (χ2n) is 5.25. The highest BCUT2D eigenvalue weighted by Gasteiger charge is 2.31. The first-order valence-electron chi connectivity index (χ1n) is 6.29. The summed E-state index contributed by atoms with van der Waals surface area (Å²) in [4.78, 5) is 12.0. The molecule has 0 bridgehead atoms. The van der Waals surface area contributed by atoms with Crippen LogP contribution in [0.2, 0.25) is 0 Å². The van der Waals surface area contributed by atoms with Crippen molar-refractivity contribution in [3.63, 3.8) is 0 Å². The van der Waals surface area contributed by atoms with E-state index in [0.717, 1.165) is 11.1 Å². The van der Waals surface area contributed by atoms with Crippen LogP contribution in [0.4, 0.5) is 0 Å². The van der Waals surface area contributed by atoms with Gasteiger partial charge in [0.15, 0.2) is 0 Å². The summed E-state index contributed by atoms with van der Waals surface area (Å²) < 4.78 is 5.27. The Kier molecular flexibility index (Phi) is 4.91. The van der Waals surface area contributed by atoms with Crippen molar-refractivity contribution in [3.05, 3.63) is 35.4 Å². The third kappa shape index (κ3) is 3.57. The van der Waals surface area contributed by atoms with Crippen LogP contribution < -0.4 is 0 Å². The average Bonchev–Trinajstić information content (AvgIpc) is 2.29. The van der Waals surface area contributed by atoms with Gasteiger partial charge in [0.05, 0.1) is 11.5 Å². The number of hydrogen-bond acceptors (Lipinski definition) is 3. The Bertz CT molecular complexity index is 391. The standard InChI is InChI=1S/C15H22O3/c1-11(2)18-14(17)15(3,4)13-7-5-12(6-8-13)9-10-16/h5-8,11,16H,9-10H2,1-4H3. The molecule has 0 amide bonds. The van der Waals surface area contributed by atoms with Crippen molar-refractivity contribution in [2.75, 3.05) is 6.61 Å². The Morgan fingerprint density at radius 3 is 2.28 bits per heavy atom. The van der Waals surface area contributed by atoms with E-state index in [4.69, 9.17) is 9.84 Å². The van der Waals surface area contributed by atoms with Gasteiger partial charge in [0.2, 0.25) is 0 Å². The van der Waals surface area contributed by atoms with Crippen molar-refractivity contribution in [3.8, 4) is 0 Å². The second-order valence-corrected chi connectivity index (χ2v) is 5.25. The molecule has 1 aromatic rings. The van der Waals surface area contributed by atoms with Gasteiger partial charge in [0, 0.05) is 6.61 Å². The topological polar surface area (TPSA) is 46.5 Å². The van der Waals surface area contributed by atoms with E-state index in [1.165, 1.54) is 0 Å². The fourth-order valence-corrected chi connectivity index (χ4v) is 1.70. The number of benzene rings is 1. The minimum atomic E-state index is -0.651. The molecule has 0 saturated heterocycles. The van der Waals surface area contributed by atoms with Crippen LogP contribution in [0.25, 0.3) is 0 Å². The van der Waals surface area contributed by atoms with E-state index in [2.05, 4.69) is 0 Å². The van der Waals surface area contributed by atoms with Crippen LogP contribution in [-0.2, 0) is 21.4 Å². The second kappa shape index (κ2) is 6.01. The van der Waals surface area contributed by atoms with E-state index < -0.39 is 5.41 Å². The van der Waals surface area contributed by atoms with Gasteiger partial charge in [0.1, 0.15) is 0 Å². The van der Waals surface area contributed by atoms with E-state index in [1.54, 1.807) is 0 Å². The summed E-state index contributed by atoms with van der Waals surface area (Å²) in [6, 6.07) is 7.73. The van der Waals surface area contributed by atoms with Gasteiger partial charge in [-0.2, -0.15) is 0 Å². The first-order chi connectivity index (χ1) is 8.37. The summed E-state index contributed by atoms with van der Waals surface area (Å²) >= 11 is 0. The lowest BCUT2D eigenvalue weighted by Crippen LogP contribution is -2.32. The zero-order valence-electron chi connectivity index (χ0n) is 11.6. The Hall–Kier alpha value is -1.35. The van der Waals surface area contributed by atoms with Gasteiger partial charge in [-0.15, -0.1) is 0 Å². The highest BCUT2D eigenvalue weighted by Crippen LogP contribution is 2.25. The summed E-state index contributed by atoms with van der Waals surface area (Å²) in [6.45, 7) is 7.55. The zero-order chi connectivity index (χ0) is 13.8. The van der Waals surface area contributed by atoms with Crippen LogP contribution in [-0.4, -0.2) is 23.8 Å². The molecule has 3 nitrogen and oxygen atoms in total. The molecule has 0 heterocycles. The minimum absolute atomic E-state index is 0.106. The van der Waals surface area contributed by atoms with Gasteiger partial charge < -0.3 is 9.84 Å². The molecule has 3 heteroatoms. The fraction of sp³-hybridized carbons (Fsp3) is 0.533. The first-order valence-corrected chi connectivity index (χ1v) is 6.29. The molecule has 0 fully saturated rings. The van der Waals surface area contributed by atoms with Crippen LogP contribution in [0.3, 0.4) is 0 Å². The molecule has 1 rings (SSSR count). The van der Waals surface area contributed by atoms with Crippen molar-refractivity contribution < 1.29 is 14.6 Å². The lowest BCUT2D eigenvalue weighted by atomic mass is 9.84. The lowest BCUT2D eigenvalue weighted by Gasteiger charge is -2.24. The molecule has 0 spiro atoms. The summed E-state index contributed by atoms with van der Waals surface area (Å²) in [5.41, 5.74) is 1.34. The molecule has 0 unspecified atom stereocenters. The van der Waals surface area contributed by atoms with Crippen molar-refractivity contribution in [1.82, 2.24) is 0 Å². The molecule has 0 atom stereocenters. The van der Waals surface area contributed by atoms with Crippen LogP contribution in [0.1, 0.15) is 38.8 Å². The molecule has 18 heavy (non-hydrogen) atoms. The number of aliphatic hydroxyl groups is 1. The Morgan fingerprint density at radius 2 is 1.83 bits per heavy atom. The van der Waals surface area contributed by atoms with Gasteiger partial charge in [-0.05, 0) is 45.2 Å². The Labute approximate surface area is 109 Å². The van der Waals surface area contributed by atoms with Crippen molar-refractivity contribution in [2.45, 2.75) is 45.6 Å². The highest BCUT2D eigenvalue weighted by atomic mass is 16.5. The minimum Gasteiger partial charge on any atom is -0.462 e. The molecular weight excluding hydrogens is 228 g/mol. The van der Waals surface area contributed by atoms with E-state index in [1.807, 2.05) is 52.0 Å². The van der Waals surface area contributed by atoms with E-state index >= 15 is 0 Å². The molecule has 100 valence electrons. The third-order valence-corrected chi connectivity index (χ3v) is 2.93. The molecule has 0 radical (unpaired) electrons. The van der Waals surface area contributed by atoms with Crippen LogP contribution in [0.5, 0.6) is 0 Å². The number of carbonyl (C=O) groups is 1. The number of aliphatic hydroxyl groups excluding tert-OH is 1. The molecule has 0 aliphatic rings. The van der Waals surface area contributed by atoms with Crippen molar-refractivity contribution >= 4 is 5.97 Å². The van der Waals surface area contributed by atoms with E-state index in [0.29, 0.717) is 6.42 Å². The van der Waals surface area contributed by atoms with Crippen LogP contribution in [0, 0.1) is 0 Å². The quantitative estimate of drug-likeness (QED) is 0.816. The number of ether oxygens (including phenoxy) is 1. The smallest absolute Gasteiger partial charge is 0.316 e. The van der Waals surface area contributed by atoms with Gasteiger partial charge in [-0.1, -0.05) is 24.3 Å². The molecule has 0 aromatic heterocycles. The van der Waals surface area contributed by atoms with Gasteiger partial charge in [0.25, 0.3) is 0 Å². The van der Waals surface area contributed by atoms with Crippen molar-refractivity contribution in [1.29, 1.82) is 0 Å². The molecule has 0 aliphatic carbocycles.